The molecular formula is C17H28N2O2. The lowest BCUT2D eigenvalue weighted by molar-refractivity contribution is -0.997. The number of hydrogen-bond acceptors (Lipinski definition) is 3. The fourth-order valence-corrected chi connectivity index (χ4v) is 2.27. The Morgan fingerprint density at radius 3 is 2.62 bits per heavy atom. The van der Waals surface area contributed by atoms with Crippen LogP contribution in [0, 0.1) is 12.1 Å². The van der Waals surface area contributed by atoms with Gasteiger partial charge in [0.2, 0.25) is 0 Å². The van der Waals surface area contributed by atoms with Crippen LogP contribution in [0.4, 0.5) is 5.69 Å². The van der Waals surface area contributed by atoms with Crippen molar-refractivity contribution in [1.82, 2.24) is 5.32 Å². The lowest BCUT2D eigenvalue weighted by Gasteiger charge is -2.22. The molecule has 1 aromatic carbocycles. The Kier molecular flexibility index (Phi) is 8.23. The van der Waals surface area contributed by atoms with Crippen LogP contribution in [0.1, 0.15) is 37.5 Å². The highest BCUT2D eigenvalue weighted by Crippen LogP contribution is 2.21. The van der Waals surface area contributed by atoms with Crippen LogP contribution in [-0.4, -0.2) is 19.7 Å². The van der Waals surface area contributed by atoms with Gasteiger partial charge < -0.3 is 10.5 Å². The summed E-state index contributed by atoms with van der Waals surface area (Å²) in [6.07, 6.45) is 5.89. The number of nitrogens with one attached hydrogen (secondary N) is 2. The first-order valence-corrected chi connectivity index (χ1v) is 7.79. The van der Waals surface area contributed by atoms with Gasteiger partial charge in [-0.25, -0.2) is 0 Å². The summed E-state index contributed by atoms with van der Waals surface area (Å²) in [5.41, 5.74) is 4.11. The summed E-state index contributed by atoms with van der Waals surface area (Å²) in [6, 6.07) is 4.13. The Morgan fingerprint density at radius 2 is 2.00 bits per heavy atom. The zero-order chi connectivity index (χ0) is 15.7. The summed E-state index contributed by atoms with van der Waals surface area (Å²) in [5, 5.41) is 15.2. The van der Waals surface area contributed by atoms with E-state index in [0.29, 0.717) is 12.3 Å². The number of aryl methyl sites for hydroxylation is 2. The number of rotatable bonds is 9. The molecule has 0 radical (unpaired) electrons. The normalized spacial score (nSPS) is 13.0. The van der Waals surface area contributed by atoms with Crippen LogP contribution in [0.15, 0.2) is 24.3 Å². The van der Waals surface area contributed by atoms with E-state index in [0.717, 1.165) is 37.1 Å². The minimum atomic E-state index is -0.217. The number of benzene rings is 1. The van der Waals surface area contributed by atoms with Gasteiger partial charge in [0.25, 0.3) is 0 Å². The Labute approximate surface area is 128 Å². The molecule has 1 rings (SSSR count). The molecule has 0 heterocycles. The Balaban J connectivity index is 2.96. The highest BCUT2D eigenvalue weighted by molar-refractivity contribution is 5.49. The van der Waals surface area contributed by atoms with Gasteiger partial charge in [-0.15, -0.1) is 0 Å². The van der Waals surface area contributed by atoms with Crippen molar-refractivity contribution in [2.45, 2.75) is 40.5 Å². The summed E-state index contributed by atoms with van der Waals surface area (Å²) >= 11 is 0. The van der Waals surface area contributed by atoms with Crippen LogP contribution >= 0.6 is 0 Å². The molecule has 4 nitrogen and oxygen atoms in total. The van der Waals surface area contributed by atoms with Crippen molar-refractivity contribution in [1.29, 1.82) is 0 Å². The quantitative estimate of drug-likeness (QED) is 0.417. The third-order valence-electron chi connectivity index (χ3n) is 3.44. The zero-order valence-corrected chi connectivity index (χ0v) is 13.7. The molecule has 4 heteroatoms. The SMILES string of the molecule is CCNC/C=C\Cc1c(C)cc(CC)cc1[NH+]([O-])OCC. The molecule has 21 heavy (non-hydrogen) atoms. The van der Waals surface area contributed by atoms with Gasteiger partial charge in [-0.2, -0.15) is 10.1 Å². The van der Waals surface area contributed by atoms with E-state index in [1.54, 1.807) is 0 Å². The van der Waals surface area contributed by atoms with Gasteiger partial charge in [0.05, 0.1) is 0 Å². The van der Waals surface area contributed by atoms with Gasteiger partial charge in [0, 0.05) is 18.2 Å². The van der Waals surface area contributed by atoms with Gasteiger partial charge in [-0.3, -0.25) is 0 Å². The third kappa shape index (κ3) is 5.59. The number of quaternary nitrogens is 1. The van der Waals surface area contributed by atoms with Crippen LogP contribution < -0.4 is 10.5 Å². The molecule has 2 N–H and O–H groups in total. The molecule has 0 spiro atoms. The lowest BCUT2D eigenvalue weighted by atomic mass is 9.99. The Hall–Kier alpha value is -1.20. The van der Waals surface area contributed by atoms with Crippen molar-refractivity contribution in [3.8, 4) is 0 Å². The topological polar surface area (TPSA) is 48.8 Å². The maximum atomic E-state index is 12.2. The van der Waals surface area contributed by atoms with Crippen LogP contribution in [0.3, 0.4) is 0 Å². The minimum Gasteiger partial charge on any atom is -0.595 e. The maximum absolute atomic E-state index is 12.2. The van der Waals surface area contributed by atoms with Crippen molar-refractivity contribution in [3.05, 3.63) is 46.2 Å². The highest BCUT2D eigenvalue weighted by Gasteiger charge is 2.14. The molecule has 0 aliphatic carbocycles. The Bertz CT molecular complexity index is 458. The average Bonchev–Trinajstić information content (AvgIpc) is 2.48. The molecule has 0 aromatic heterocycles. The van der Waals surface area contributed by atoms with E-state index in [2.05, 4.69) is 44.3 Å². The lowest BCUT2D eigenvalue weighted by Crippen LogP contribution is -3.01. The van der Waals surface area contributed by atoms with E-state index in [4.69, 9.17) is 4.84 Å². The number of allylic oxidation sites excluding steroid dienone is 1. The molecule has 0 aliphatic rings. The second-order valence-electron chi connectivity index (χ2n) is 5.00. The smallest absolute Gasteiger partial charge is 0.168 e. The summed E-state index contributed by atoms with van der Waals surface area (Å²) in [5.74, 6) is 0. The first kappa shape index (κ1) is 17.9. The van der Waals surface area contributed by atoms with Gasteiger partial charge in [0.15, 0.2) is 5.69 Å². The van der Waals surface area contributed by atoms with Crippen LogP contribution in [0.2, 0.25) is 0 Å². The van der Waals surface area contributed by atoms with Gasteiger partial charge in [-0.05, 0) is 44.4 Å². The van der Waals surface area contributed by atoms with Gasteiger partial charge in [0.1, 0.15) is 6.61 Å². The molecule has 1 atom stereocenters. The maximum Gasteiger partial charge on any atom is 0.168 e. The van der Waals surface area contributed by atoms with Gasteiger partial charge in [-0.1, -0.05) is 32.1 Å². The molecule has 0 fully saturated rings. The molecular weight excluding hydrogens is 264 g/mol. The van der Waals surface area contributed by atoms with E-state index < -0.39 is 0 Å². The van der Waals surface area contributed by atoms with E-state index in [-0.39, 0.29) is 5.23 Å². The number of likely N-dealkylation sites (N-methyl/N-ethyl adjacent to an activating group) is 1. The molecule has 118 valence electrons. The van der Waals surface area contributed by atoms with Crippen LogP contribution in [0.5, 0.6) is 0 Å². The van der Waals surface area contributed by atoms with Crippen molar-refractivity contribution < 1.29 is 10.1 Å². The van der Waals surface area contributed by atoms with Crippen LogP contribution in [0.25, 0.3) is 0 Å². The second-order valence-corrected chi connectivity index (χ2v) is 5.00. The molecule has 0 amide bonds. The summed E-state index contributed by atoms with van der Waals surface area (Å²) in [6.45, 7) is 10.3. The first-order valence-electron chi connectivity index (χ1n) is 7.79. The summed E-state index contributed by atoms with van der Waals surface area (Å²) < 4.78 is 0. The van der Waals surface area contributed by atoms with Crippen molar-refractivity contribution >= 4 is 5.69 Å². The van der Waals surface area contributed by atoms with Crippen LogP contribution in [-0.2, 0) is 17.7 Å². The molecule has 1 unspecified atom stereocenters. The fraction of sp³-hybridized carbons (Fsp3) is 0.529. The molecule has 1 aromatic rings. The minimum absolute atomic E-state index is 0.217. The highest BCUT2D eigenvalue weighted by atomic mass is 16.9. The fourth-order valence-electron chi connectivity index (χ4n) is 2.27. The predicted molar refractivity (Wildman–Crippen MR) is 87.6 cm³/mol. The third-order valence-corrected chi connectivity index (χ3v) is 3.44. The van der Waals surface area contributed by atoms with E-state index in [1.807, 2.05) is 13.0 Å². The molecule has 0 bridgehead atoms. The zero-order valence-electron chi connectivity index (χ0n) is 13.7. The van der Waals surface area contributed by atoms with Crippen molar-refractivity contribution in [2.24, 2.45) is 0 Å². The first-order chi connectivity index (χ1) is 10.1. The average molecular weight is 292 g/mol. The van der Waals surface area contributed by atoms with E-state index in [9.17, 15) is 5.21 Å². The Morgan fingerprint density at radius 1 is 1.24 bits per heavy atom. The second kappa shape index (κ2) is 9.68. The standard InChI is InChI=1S/C17H28N2O2/c1-5-15-12-14(4)16(10-8-9-11-18-6-2)17(13-15)19(20)21-7-3/h8-9,12-13,18-19H,5-7,10-11H2,1-4H3/b9-8-. The van der Waals surface area contributed by atoms with Gasteiger partial charge >= 0.3 is 0 Å². The van der Waals surface area contributed by atoms with Crippen molar-refractivity contribution in [3.63, 3.8) is 0 Å². The summed E-state index contributed by atoms with van der Waals surface area (Å²) in [7, 11) is 0. The van der Waals surface area contributed by atoms with Crippen molar-refractivity contribution in [2.75, 3.05) is 19.7 Å². The summed E-state index contributed by atoms with van der Waals surface area (Å²) in [4.78, 5) is 5.19. The predicted octanol–water partition coefficient (Wildman–Crippen LogP) is 2.23. The van der Waals surface area contributed by atoms with E-state index >= 15 is 0 Å². The molecule has 0 saturated heterocycles. The largest absolute Gasteiger partial charge is 0.595 e. The monoisotopic (exact) mass is 292 g/mol. The molecule has 0 saturated carbocycles. The molecule has 0 aliphatic heterocycles. The van der Waals surface area contributed by atoms with E-state index in [1.165, 1.54) is 5.56 Å². The number of hydrogen-bond donors (Lipinski definition) is 2.